The Bertz CT molecular complexity index is 597. The van der Waals surface area contributed by atoms with Crippen LogP contribution < -0.4 is 10.1 Å². The maximum atomic E-state index is 5.25. The standard InChI is InChI=1S/C18H25N3O/c1-19-12-16-11-18(15-7-9-17(22-2)10-8-15)21(20-16)13-14-5-3-4-6-14/h7-11,14,19H,3-6,12-13H2,1-2H3. The third-order valence-corrected chi connectivity index (χ3v) is 4.48. The molecule has 0 aliphatic heterocycles. The summed E-state index contributed by atoms with van der Waals surface area (Å²) in [6.45, 7) is 1.84. The molecular weight excluding hydrogens is 274 g/mol. The van der Waals surface area contributed by atoms with Gasteiger partial charge in [-0.25, -0.2) is 0 Å². The Morgan fingerprint density at radius 1 is 1.23 bits per heavy atom. The van der Waals surface area contributed by atoms with E-state index in [9.17, 15) is 0 Å². The Balaban J connectivity index is 1.88. The molecule has 22 heavy (non-hydrogen) atoms. The molecule has 1 aliphatic rings. The van der Waals surface area contributed by atoms with Crippen LogP contribution in [0.4, 0.5) is 0 Å². The van der Waals surface area contributed by atoms with Gasteiger partial charge >= 0.3 is 0 Å². The Kier molecular flexibility index (Phi) is 4.78. The van der Waals surface area contributed by atoms with E-state index < -0.39 is 0 Å². The summed E-state index contributed by atoms with van der Waals surface area (Å²) in [5.41, 5.74) is 3.51. The van der Waals surface area contributed by atoms with Gasteiger partial charge in [-0.2, -0.15) is 5.10 Å². The SMILES string of the molecule is CNCc1cc(-c2ccc(OC)cc2)n(CC2CCCC2)n1. The summed E-state index contributed by atoms with van der Waals surface area (Å²) in [5, 5.41) is 8.00. The first-order chi connectivity index (χ1) is 10.8. The van der Waals surface area contributed by atoms with Crippen molar-refractivity contribution in [3.05, 3.63) is 36.0 Å². The molecule has 1 aromatic heterocycles. The van der Waals surface area contributed by atoms with Gasteiger partial charge in [0.15, 0.2) is 0 Å². The molecule has 1 aromatic carbocycles. The first-order valence-corrected chi connectivity index (χ1v) is 8.16. The van der Waals surface area contributed by atoms with E-state index in [1.54, 1.807) is 7.11 Å². The molecule has 0 atom stereocenters. The summed E-state index contributed by atoms with van der Waals surface area (Å²) in [6.07, 6.45) is 5.41. The zero-order valence-electron chi connectivity index (χ0n) is 13.5. The zero-order valence-corrected chi connectivity index (χ0v) is 13.5. The summed E-state index contributed by atoms with van der Waals surface area (Å²) in [5.74, 6) is 1.67. The van der Waals surface area contributed by atoms with Crippen molar-refractivity contribution in [3.8, 4) is 17.0 Å². The summed E-state index contributed by atoms with van der Waals surface area (Å²) >= 11 is 0. The van der Waals surface area contributed by atoms with Gasteiger partial charge in [-0.05, 0) is 56.1 Å². The van der Waals surface area contributed by atoms with Crippen molar-refractivity contribution >= 4 is 0 Å². The molecule has 0 radical (unpaired) electrons. The number of hydrogen-bond donors (Lipinski definition) is 1. The van der Waals surface area contributed by atoms with Gasteiger partial charge in [-0.1, -0.05) is 12.8 Å². The molecule has 0 bridgehead atoms. The van der Waals surface area contributed by atoms with Gasteiger partial charge < -0.3 is 10.1 Å². The lowest BCUT2D eigenvalue weighted by Crippen LogP contribution is -2.11. The smallest absolute Gasteiger partial charge is 0.118 e. The Labute approximate surface area is 132 Å². The summed E-state index contributed by atoms with van der Waals surface area (Å²) in [6, 6.07) is 10.5. The number of ether oxygens (including phenoxy) is 1. The van der Waals surface area contributed by atoms with E-state index in [4.69, 9.17) is 9.84 Å². The summed E-state index contributed by atoms with van der Waals surface area (Å²) < 4.78 is 7.45. The van der Waals surface area contributed by atoms with Gasteiger partial charge in [0.2, 0.25) is 0 Å². The second-order valence-corrected chi connectivity index (χ2v) is 6.11. The van der Waals surface area contributed by atoms with Crippen molar-refractivity contribution in [2.24, 2.45) is 5.92 Å². The van der Waals surface area contributed by atoms with E-state index in [0.29, 0.717) is 0 Å². The second-order valence-electron chi connectivity index (χ2n) is 6.11. The van der Waals surface area contributed by atoms with Crippen molar-refractivity contribution in [2.45, 2.75) is 38.8 Å². The average Bonchev–Trinajstić information content (AvgIpc) is 3.18. The van der Waals surface area contributed by atoms with Crippen LogP contribution in [-0.4, -0.2) is 23.9 Å². The van der Waals surface area contributed by atoms with E-state index in [1.807, 2.05) is 19.2 Å². The number of aromatic nitrogens is 2. The fourth-order valence-corrected chi connectivity index (χ4v) is 3.31. The molecule has 1 heterocycles. The molecular formula is C18H25N3O. The van der Waals surface area contributed by atoms with Crippen molar-refractivity contribution in [1.82, 2.24) is 15.1 Å². The molecule has 1 aliphatic carbocycles. The molecule has 0 spiro atoms. The molecule has 1 saturated carbocycles. The van der Waals surface area contributed by atoms with E-state index in [0.717, 1.165) is 30.5 Å². The topological polar surface area (TPSA) is 39.1 Å². The number of methoxy groups -OCH3 is 1. The van der Waals surface area contributed by atoms with E-state index in [2.05, 4.69) is 28.2 Å². The minimum Gasteiger partial charge on any atom is -0.497 e. The second kappa shape index (κ2) is 6.97. The third-order valence-electron chi connectivity index (χ3n) is 4.48. The fourth-order valence-electron chi connectivity index (χ4n) is 3.31. The minimum absolute atomic E-state index is 0.777. The molecule has 118 valence electrons. The molecule has 1 fully saturated rings. The number of nitrogens with one attached hydrogen (secondary N) is 1. The monoisotopic (exact) mass is 299 g/mol. The van der Waals surface area contributed by atoms with E-state index >= 15 is 0 Å². The Morgan fingerprint density at radius 3 is 2.59 bits per heavy atom. The molecule has 2 aromatic rings. The van der Waals surface area contributed by atoms with Gasteiger partial charge in [0.05, 0.1) is 18.5 Å². The third kappa shape index (κ3) is 3.33. The first-order valence-electron chi connectivity index (χ1n) is 8.16. The normalized spacial score (nSPS) is 15.4. The predicted molar refractivity (Wildman–Crippen MR) is 88.9 cm³/mol. The highest BCUT2D eigenvalue weighted by Crippen LogP contribution is 2.29. The van der Waals surface area contributed by atoms with Crippen LogP contribution in [-0.2, 0) is 13.1 Å². The maximum absolute atomic E-state index is 5.25. The van der Waals surface area contributed by atoms with Crippen LogP contribution in [0.15, 0.2) is 30.3 Å². The lowest BCUT2D eigenvalue weighted by atomic mass is 10.1. The highest BCUT2D eigenvalue weighted by Gasteiger charge is 2.18. The molecule has 0 amide bonds. The number of rotatable bonds is 6. The molecule has 1 N–H and O–H groups in total. The Morgan fingerprint density at radius 2 is 1.95 bits per heavy atom. The van der Waals surface area contributed by atoms with Crippen LogP contribution in [0.1, 0.15) is 31.4 Å². The van der Waals surface area contributed by atoms with E-state index in [-0.39, 0.29) is 0 Å². The Hall–Kier alpha value is -1.81. The van der Waals surface area contributed by atoms with Gasteiger partial charge in [0.1, 0.15) is 5.75 Å². The fraction of sp³-hybridized carbons (Fsp3) is 0.500. The van der Waals surface area contributed by atoms with Crippen LogP contribution in [0.5, 0.6) is 5.75 Å². The summed E-state index contributed by atoms with van der Waals surface area (Å²) in [7, 11) is 3.66. The highest BCUT2D eigenvalue weighted by atomic mass is 16.5. The van der Waals surface area contributed by atoms with Crippen molar-refractivity contribution in [3.63, 3.8) is 0 Å². The number of benzene rings is 1. The van der Waals surface area contributed by atoms with Crippen molar-refractivity contribution < 1.29 is 4.74 Å². The largest absolute Gasteiger partial charge is 0.497 e. The molecule has 3 rings (SSSR count). The molecule has 4 nitrogen and oxygen atoms in total. The maximum Gasteiger partial charge on any atom is 0.118 e. The average molecular weight is 299 g/mol. The van der Waals surface area contributed by atoms with Crippen LogP contribution in [0, 0.1) is 5.92 Å². The summed E-state index contributed by atoms with van der Waals surface area (Å²) in [4.78, 5) is 0. The molecule has 4 heteroatoms. The van der Waals surface area contributed by atoms with E-state index in [1.165, 1.54) is 36.9 Å². The van der Waals surface area contributed by atoms with Crippen LogP contribution in [0.3, 0.4) is 0 Å². The molecule has 0 unspecified atom stereocenters. The van der Waals surface area contributed by atoms with Gasteiger partial charge in [-0.3, -0.25) is 4.68 Å². The van der Waals surface area contributed by atoms with Crippen molar-refractivity contribution in [2.75, 3.05) is 14.2 Å². The van der Waals surface area contributed by atoms with Crippen LogP contribution in [0.25, 0.3) is 11.3 Å². The van der Waals surface area contributed by atoms with Gasteiger partial charge in [0.25, 0.3) is 0 Å². The first kappa shape index (κ1) is 15.1. The lowest BCUT2D eigenvalue weighted by molar-refractivity contribution is 0.414. The molecule has 0 saturated heterocycles. The quantitative estimate of drug-likeness (QED) is 0.887. The minimum atomic E-state index is 0.777. The van der Waals surface area contributed by atoms with Gasteiger partial charge in [0, 0.05) is 18.7 Å². The highest BCUT2D eigenvalue weighted by molar-refractivity contribution is 5.61. The number of hydrogen-bond acceptors (Lipinski definition) is 3. The number of nitrogens with zero attached hydrogens (tertiary/aromatic N) is 2. The van der Waals surface area contributed by atoms with Gasteiger partial charge in [-0.15, -0.1) is 0 Å². The lowest BCUT2D eigenvalue weighted by Gasteiger charge is -2.12. The van der Waals surface area contributed by atoms with Crippen LogP contribution in [0.2, 0.25) is 0 Å². The van der Waals surface area contributed by atoms with Crippen LogP contribution >= 0.6 is 0 Å². The predicted octanol–water partition coefficient (Wildman–Crippen LogP) is 3.47. The zero-order chi connectivity index (χ0) is 15.4. The van der Waals surface area contributed by atoms with Crippen molar-refractivity contribution in [1.29, 1.82) is 0 Å².